The van der Waals surface area contributed by atoms with Gasteiger partial charge in [0.1, 0.15) is 11.5 Å². The van der Waals surface area contributed by atoms with E-state index in [4.69, 9.17) is 0 Å². The minimum absolute atomic E-state index is 0.00792. The van der Waals surface area contributed by atoms with Crippen molar-refractivity contribution in [1.29, 1.82) is 0 Å². The normalized spacial score (nSPS) is 11.2. The number of halogens is 3. The molecule has 0 aliphatic rings. The highest BCUT2D eigenvalue weighted by Crippen LogP contribution is 2.21. The quantitative estimate of drug-likeness (QED) is 0.780. The lowest BCUT2D eigenvalue weighted by molar-refractivity contribution is -0.135. The zero-order valence-electron chi connectivity index (χ0n) is 10.4. The molecule has 19 heavy (non-hydrogen) atoms. The van der Waals surface area contributed by atoms with Crippen molar-refractivity contribution < 1.29 is 18.0 Å². The van der Waals surface area contributed by atoms with Crippen molar-refractivity contribution >= 4 is 11.7 Å². The van der Waals surface area contributed by atoms with Gasteiger partial charge in [-0.1, -0.05) is 0 Å². The number of hydrogen-bond donors (Lipinski definition) is 2. The molecule has 1 rings (SSSR count). The number of carbonyl (C=O) groups is 1. The summed E-state index contributed by atoms with van der Waals surface area (Å²) in [5, 5.41) is 5.24. The summed E-state index contributed by atoms with van der Waals surface area (Å²) in [4.78, 5) is 19.4. The Kier molecular flexibility index (Phi) is 5.53. The van der Waals surface area contributed by atoms with E-state index in [0.29, 0.717) is 5.82 Å². The van der Waals surface area contributed by atoms with Gasteiger partial charge in [0.2, 0.25) is 0 Å². The van der Waals surface area contributed by atoms with Gasteiger partial charge in [-0.2, -0.15) is 13.2 Å². The summed E-state index contributed by atoms with van der Waals surface area (Å²) in [7, 11) is 1.64. The molecule has 0 fully saturated rings. The van der Waals surface area contributed by atoms with Crippen LogP contribution in [0, 0.1) is 0 Å². The lowest BCUT2D eigenvalue weighted by Crippen LogP contribution is -2.26. The Bertz CT molecular complexity index is 423. The SMILES string of the molecule is CNc1cncc(C(=O)NCCCCC(F)(F)F)n1. The number of carbonyl (C=O) groups excluding carboxylic acids is 1. The van der Waals surface area contributed by atoms with Crippen molar-refractivity contribution in [3.63, 3.8) is 0 Å². The molecule has 0 bridgehead atoms. The predicted molar refractivity (Wildman–Crippen MR) is 63.8 cm³/mol. The van der Waals surface area contributed by atoms with Crippen molar-refractivity contribution in [3.8, 4) is 0 Å². The van der Waals surface area contributed by atoms with Crippen LogP contribution < -0.4 is 10.6 Å². The topological polar surface area (TPSA) is 66.9 Å². The molecule has 0 radical (unpaired) electrons. The summed E-state index contributed by atoms with van der Waals surface area (Å²) in [6.07, 6.45) is -1.96. The van der Waals surface area contributed by atoms with E-state index in [2.05, 4.69) is 20.6 Å². The first-order valence-electron chi connectivity index (χ1n) is 5.77. The van der Waals surface area contributed by atoms with E-state index in [1.54, 1.807) is 7.05 Å². The Balaban J connectivity index is 2.31. The maximum atomic E-state index is 11.9. The van der Waals surface area contributed by atoms with Crippen molar-refractivity contribution in [3.05, 3.63) is 18.1 Å². The molecule has 1 aromatic rings. The van der Waals surface area contributed by atoms with Gasteiger partial charge < -0.3 is 10.6 Å². The van der Waals surface area contributed by atoms with Gasteiger partial charge in [0.15, 0.2) is 0 Å². The molecule has 1 amide bonds. The number of anilines is 1. The summed E-state index contributed by atoms with van der Waals surface area (Å²) in [6, 6.07) is 0. The maximum absolute atomic E-state index is 11.9. The predicted octanol–water partition coefficient (Wildman–Crippen LogP) is 1.98. The second-order valence-corrected chi connectivity index (χ2v) is 3.87. The smallest absolute Gasteiger partial charge is 0.372 e. The molecule has 2 N–H and O–H groups in total. The molecule has 0 saturated heterocycles. The number of hydrogen-bond acceptors (Lipinski definition) is 4. The van der Waals surface area contributed by atoms with Crippen LogP contribution in [0.5, 0.6) is 0 Å². The van der Waals surface area contributed by atoms with Gasteiger partial charge in [-0.25, -0.2) is 4.98 Å². The second kappa shape index (κ2) is 6.91. The number of alkyl halides is 3. The summed E-state index contributed by atoms with van der Waals surface area (Å²) >= 11 is 0. The van der Waals surface area contributed by atoms with E-state index in [0.717, 1.165) is 0 Å². The van der Waals surface area contributed by atoms with E-state index < -0.39 is 18.5 Å². The monoisotopic (exact) mass is 276 g/mol. The number of aromatic nitrogens is 2. The number of unbranched alkanes of at least 4 members (excludes halogenated alkanes) is 1. The number of rotatable bonds is 6. The average molecular weight is 276 g/mol. The van der Waals surface area contributed by atoms with Crippen molar-refractivity contribution in [1.82, 2.24) is 15.3 Å². The number of nitrogens with zero attached hydrogens (tertiary/aromatic N) is 2. The largest absolute Gasteiger partial charge is 0.389 e. The first-order valence-corrected chi connectivity index (χ1v) is 5.77. The highest BCUT2D eigenvalue weighted by molar-refractivity contribution is 5.92. The fourth-order valence-corrected chi connectivity index (χ4v) is 1.34. The van der Waals surface area contributed by atoms with Gasteiger partial charge in [-0.15, -0.1) is 0 Å². The molecule has 0 atom stereocenters. The molecule has 0 spiro atoms. The van der Waals surface area contributed by atoms with Crippen LogP contribution in [0.1, 0.15) is 29.8 Å². The third-order valence-corrected chi connectivity index (χ3v) is 2.30. The van der Waals surface area contributed by atoms with Crippen LogP contribution in [-0.4, -0.2) is 35.6 Å². The lowest BCUT2D eigenvalue weighted by Gasteiger charge is -2.07. The Morgan fingerprint density at radius 3 is 2.68 bits per heavy atom. The molecule has 0 aliphatic carbocycles. The summed E-state index contributed by atoms with van der Waals surface area (Å²) < 4.78 is 35.6. The molecule has 8 heteroatoms. The van der Waals surface area contributed by atoms with E-state index in [9.17, 15) is 18.0 Å². The first-order chi connectivity index (χ1) is 8.92. The molecule has 1 aromatic heterocycles. The second-order valence-electron chi connectivity index (χ2n) is 3.87. The van der Waals surface area contributed by atoms with E-state index >= 15 is 0 Å². The zero-order valence-corrected chi connectivity index (χ0v) is 10.4. The van der Waals surface area contributed by atoms with Crippen LogP contribution in [0.3, 0.4) is 0 Å². The molecule has 5 nitrogen and oxygen atoms in total. The number of amides is 1. The van der Waals surface area contributed by atoms with Gasteiger partial charge >= 0.3 is 6.18 Å². The van der Waals surface area contributed by atoms with Crippen LogP contribution in [0.15, 0.2) is 12.4 Å². The fourth-order valence-electron chi connectivity index (χ4n) is 1.34. The molecule has 106 valence electrons. The third kappa shape index (κ3) is 6.03. The fraction of sp³-hybridized carbons (Fsp3) is 0.545. The van der Waals surface area contributed by atoms with Crippen molar-refractivity contribution in [2.24, 2.45) is 0 Å². The van der Waals surface area contributed by atoms with Crippen LogP contribution in [-0.2, 0) is 0 Å². The van der Waals surface area contributed by atoms with Gasteiger partial charge in [0, 0.05) is 20.0 Å². The van der Waals surface area contributed by atoms with Crippen molar-refractivity contribution in [2.45, 2.75) is 25.4 Å². The zero-order chi connectivity index (χ0) is 14.3. The van der Waals surface area contributed by atoms with Crippen LogP contribution >= 0.6 is 0 Å². The highest BCUT2D eigenvalue weighted by atomic mass is 19.4. The van der Waals surface area contributed by atoms with Crippen molar-refractivity contribution in [2.75, 3.05) is 18.9 Å². The average Bonchev–Trinajstić information content (AvgIpc) is 2.37. The molecular weight excluding hydrogens is 261 g/mol. The van der Waals surface area contributed by atoms with Crippen LogP contribution in [0.4, 0.5) is 19.0 Å². The minimum atomic E-state index is -4.14. The maximum Gasteiger partial charge on any atom is 0.389 e. The van der Waals surface area contributed by atoms with E-state index in [1.165, 1.54) is 12.4 Å². The summed E-state index contributed by atoms with van der Waals surface area (Å²) in [5.41, 5.74) is 0.127. The molecule has 0 aromatic carbocycles. The van der Waals surface area contributed by atoms with E-state index in [-0.39, 0.29) is 25.1 Å². The van der Waals surface area contributed by atoms with Crippen LogP contribution in [0.2, 0.25) is 0 Å². The molecular formula is C11H15F3N4O. The van der Waals surface area contributed by atoms with E-state index in [1.807, 2.05) is 0 Å². The third-order valence-electron chi connectivity index (χ3n) is 2.30. The lowest BCUT2D eigenvalue weighted by atomic mass is 10.2. The summed E-state index contributed by atoms with van der Waals surface area (Å²) in [6.45, 7) is 0.181. The number of nitrogens with one attached hydrogen (secondary N) is 2. The molecule has 0 aliphatic heterocycles. The first kappa shape index (κ1) is 15.2. The van der Waals surface area contributed by atoms with Gasteiger partial charge in [0.05, 0.1) is 12.4 Å². The van der Waals surface area contributed by atoms with Crippen LogP contribution in [0.25, 0.3) is 0 Å². The van der Waals surface area contributed by atoms with Gasteiger partial charge in [-0.05, 0) is 12.8 Å². The molecule has 1 heterocycles. The highest BCUT2D eigenvalue weighted by Gasteiger charge is 2.25. The van der Waals surface area contributed by atoms with Gasteiger partial charge in [-0.3, -0.25) is 9.78 Å². The Labute approximate surface area is 108 Å². The minimum Gasteiger partial charge on any atom is -0.372 e. The Hall–Kier alpha value is -1.86. The molecule has 0 saturated carbocycles. The standard InChI is InChI=1S/C11H15F3N4O/c1-15-9-7-16-6-8(18-9)10(19)17-5-3-2-4-11(12,13)14/h6-7H,2-5H2,1H3,(H,15,18)(H,17,19). The molecule has 0 unspecified atom stereocenters. The Morgan fingerprint density at radius 1 is 1.32 bits per heavy atom. The summed E-state index contributed by atoms with van der Waals surface area (Å²) in [5.74, 6) is 0.00123. The Morgan fingerprint density at radius 2 is 2.05 bits per heavy atom. The van der Waals surface area contributed by atoms with Gasteiger partial charge in [0.25, 0.3) is 5.91 Å².